The van der Waals surface area contributed by atoms with Crippen molar-refractivity contribution in [3.05, 3.63) is 29.1 Å². The maximum absolute atomic E-state index is 5.00. The van der Waals surface area contributed by atoms with Crippen molar-refractivity contribution in [2.24, 2.45) is 0 Å². The fraction of sp³-hybridized carbons (Fsp3) is 0.688. The van der Waals surface area contributed by atoms with Gasteiger partial charge < -0.3 is 10.1 Å². The van der Waals surface area contributed by atoms with E-state index >= 15 is 0 Å². The second-order valence-electron chi connectivity index (χ2n) is 5.32. The molecule has 1 aliphatic carbocycles. The van der Waals surface area contributed by atoms with Gasteiger partial charge in [-0.15, -0.1) is 0 Å². The number of hydrogen-bond acceptors (Lipinski definition) is 3. The van der Waals surface area contributed by atoms with Crippen LogP contribution >= 0.6 is 0 Å². The molecule has 0 atom stereocenters. The standard InChI is InChI=1S/C16H26N2O/c1-19-13-12-17-11-5-4-7-15-10-9-14-6-2-3-8-16(14)18-15/h9-10,17H,2-8,11-13H2,1H3. The Bertz CT molecular complexity index is 379. The van der Waals surface area contributed by atoms with E-state index in [4.69, 9.17) is 9.72 Å². The number of fused-ring (bicyclic) bond motifs is 1. The minimum absolute atomic E-state index is 0.798. The van der Waals surface area contributed by atoms with Gasteiger partial charge in [-0.1, -0.05) is 6.07 Å². The van der Waals surface area contributed by atoms with Crippen LogP contribution in [0.3, 0.4) is 0 Å². The van der Waals surface area contributed by atoms with Gasteiger partial charge >= 0.3 is 0 Å². The first-order valence-electron chi connectivity index (χ1n) is 7.57. The Hall–Kier alpha value is -0.930. The largest absolute Gasteiger partial charge is 0.383 e. The molecule has 2 rings (SSSR count). The summed E-state index contributed by atoms with van der Waals surface area (Å²) in [5.41, 5.74) is 4.12. The SMILES string of the molecule is COCCNCCCCc1ccc2c(n1)CCCC2. The van der Waals surface area contributed by atoms with E-state index in [0.717, 1.165) is 26.1 Å². The van der Waals surface area contributed by atoms with Crippen LogP contribution in [0, 0.1) is 0 Å². The van der Waals surface area contributed by atoms with Gasteiger partial charge in [0.1, 0.15) is 0 Å². The molecule has 1 N–H and O–H groups in total. The van der Waals surface area contributed by atoms with Crippen molar-refractivity contribution in [2.45, 2.75) is 44.9 Å². The lowest BCUT2D eigenvalue weighted by Crippen LogP contribution is -2.20. The minimum Gasteiger partial charge on any atom is -0.383 e. The van der Waals surface area contributed by atoms with Crippen molar-refractivity contribution in [2.75, 3.05) is 26.8 Å². The van der Waals surface area contributed by atoms with Gasteiger partial charge in [0.15, 0.2) is 0 Å². The molecule has 0 spiro atoms. The molecule has 0 fully saturated rings. The van der Waals surface area contributed by atoms with E-state index in [1.165, 1.54) is 55.5 Å². The van der Waals surface area contributed by atoms with Gasteiger partial charge in [-0.3, -0.25) is 4.98 Å². The van der Waals surface area contributed by atoms with Gasteiger partial charge in [0.2, 0.25) is 0 Å². The Kier molecular flexibility index (Phi) is 6.31. The number of nitrogens with one attached hydrogen (secondary N) is 1. The molecule has 1 aliphatic rings. The predicted molar refractivity (Wildman–Crippen MR) is 78.6 cm³/mol. The molecular weight excluding hydrogens is 236 g/mol. The summed E-state index contributed by atoms with van der Waals surface area (Å²) in [6, 6.07) is 4.52. The average molecular weight is 262 g/mol. The lowest BCUT2D eigenvalue weighted by Gasteiger charge is -2.15. The van der Waals surface area contributed by atoms with Crippen molar-refractivity contribution in [3.8, 4) is 0 Å². The summed E-state index contributed by atoms with van der Waals surface area (Å²) in [6.07, 6.45) is 8.59. The molecule has 0 aromatic carbocycles. The van der Waals surface area contributed by atoms with E-state index in [1.54, 1.807) is 7.11 Å². The number of hydrogen-bond donors (Lipinski definition) is 1. The number of ether oxygens (including phenoxy) is 1. The molecule has 0 bridgehead atoms. The Balaban J connectivity index is 1.66. The normalized spacial score (nSPS) is 14.4. The first-order chi connectivity index (χ1) is 9.40. The summed E-state index contributed by atoms with van der Waals surface area (Å²) in [6.45, 7) is 2.83. The average Bonchev–Trinajstić information content (AvgIpc) is 2.46. The quantitative estimate of drug-likeness (QED) is 0.731. The molecule has 0 saturated carbocycles. The highest BCUT2D eigenvalue weighted by Crippen LogP contribution is 2.19. The van der Waals surface area contributed by atoms with Crippen molar-refractivity contribution < 1.29 is 4.74 Å². The number of methoxy groups -OCH3 is 1. The Labute approximate surface area is 116 Å². The molecule has 0 amide bonds. The Morgan fingerprint density at radius 2 is 2.05 bits per heavy atom. The molecule has 1 heterocycles. The smallest absolute Gasteiger partial charge is 0.0587 e. The van der Waals surface area contributed by atoms with E-state index in [2.05, 4.69) is 17.4 Å². The Morgan fingerprint density at radius 3 is 2.95 bits per heavy atom. The minimum atomic E-state index is 0.798. The molecular formula is C16H26N2O. The topological polar surface area (TPSA) is 34.1 Å². The second kappa shape index (κ2) is 8.28. The molecule has 3 nitrogen and oxygen atoms in total. The van der Waals surface area contributed by atoms with Crippen molar-refractivity contribution in [1.82, 2.24) is 10.3 Å². The lowest BCUT2D eigenvalue weighted by atomic mass is 9.95. The van der Waals surface area contributed by atoms with Gasteiger partial charge in [0, 0.05) is 25.0 Å². The fourth-order valence-electron chi connectivity index (χ4n) is 2.62. The maximum Gasteiger partial charge on any atom is 0.0587 e. The van der Waals surface area contributed by atoms with Crippen LogP contribution in [0.1, 0.15) is 42.6 Å². The molecule has 1 aromatic heterocycles. The van der Waals surface area contributed by atoms with Crippen molar-refractivity contribution in [3.63, 3.8) is 0 Å². The molecule has 106 valence electrons. The zero-order valence-electron chi connectivity index (χ0n) is 12.1. The molecule has 0 aliphatic heterocycles. The van der Waals surface area contributed by atoms with Crippen LogP contribution in [0.2, 0.25) is 0 Å². The number of aryl methyl sites for hydroxylation is 3. The third-order valence-electron chi connectivity index (χ3n) is 3.76. The maximum atomic E-state index is 5.00. The van der Waals surface area contributed by atoms with Gasteiger partial charge in [0.25, 0.3) is 0 Å². The first-order valence-corrected chi connectivity index (χ1v) is 7.57. The summed E-state index contributed by atoms with van der Waals surface area (Å²) < 4.78 is 5.00. The van der Waals surface area contributed by atoms with Crippen molar-refractivity contribution >= 4 is 0 Å². The highest BCUT2D eigenvalue weighted by Gasteiger charge is 2.10. The second-order valence-corrected chi connectivity index (χ2v) is 5.32. The third-order valence-corrected chi connectivity index (χ3v) is 3.76. The fourth-order valence-corrected chi connectivity index (χ4v) is 2.62. The Morgan fingerprint density at radius 1 is 1.16 bits per heavy atom. The van der Waals surface area contributed by atoms with Crippen LogP contribution in [0.15, 0.2) is 12.1 Å². The summed E-state index contributed by atoms with van der Waals surface area (Å²) >= 11 is 0. The van der Waals surface area contributed by atoms with Crippen LogP contribution < -0.4 is 5.32 Å². The van der Waals surface area contributed by atoms with E-state index in [0.29, 0.717) is 0 Å². The van der Waals surface area contributed by atoms with E-state index in [9.17, 15) is 0 Å². The summed E-state index contributed by atoms with van der Waals surface area (Å²) in [7, 11) is 1.74. The van der Waals surface area contributed by atoms with Crippen LogP contribution in [-0.2, 0) is 24.0 Å². The monoisotopic (exact) mass is 262 g/mol. The van der Waals surface area contributed by atoms with Crippen LogP contribution in [0.5, 0.6) is 0 Å². The molecule has 0 radical (unpaired) electrons. The van der Waals surface area contributed by atoms with E-state index in [-0.39, 0.29) is 0 Å². The van der Waals surface area contributed by atoms with Gasteiger partial charge in [-0.05, 0) is 63.1 Å². The molecule has 0 unspecified atom stereocenters. The molecule has 1 aromatic rings. The van der Waals surface area contributed by atoms with Crippen LogP contribution in [0.25, 0.3) is 0 Å². The zero-order chi connectivity index (χ0) is 13.3. The number of unbranched alkanes of at least 4 members (excludes halogenated alkanes) is 1. The highest BCUT2D eigenvalue weighted by atomic mass is 16.5. The third kappa shape index (κ3) is 4.92. The number of aromatic nitrogens is 1. The molecule has 3 heteroatoms. The summed E-state index contributed by atoms with van der Waals surface area (Å²) in [4.78, 5) is 4.82. The first kappa shape index (κ1) is 14.5. The van der Waals surface area contributed by atoms with Crippen LogP contribution in [0.4, 0.5) is 0 Å². The van der Waals surface area contributed by atoms with Gasteiger partial charge in [-0.25, -0.2) is 0 Å². The van der Waals surface area contributed by atoms with Gasteiger partial charge in [0.05, 0.1) is 6.61 Å². The summed E-state index contributed by atoms with van der Waals surface area (Å²) in [5.74, 6) is 0. The molecule has 19 heavy (non-hydrogen) atoms. The number of nitrogens with zero attached hydrogens (tertiary/aromatic N) is 1. The van der Waals surface area contributed by atoms with Crippen LogP contribution in [-0.4, -0.2) is 31.8 Å². The van der Waals surface area contributed by atoms with E-state index in [1.807, 2.05) is 0 Å². The number of pyridine rings is 1. The van der Waals surface area contributed by atoms with Gasteiger partial charge in [-0.2, -0.15) is 0 Å². The lowest BCUT2D eigenvalue weighted by molar-refractivity contribution is 0.199. The van der Waals surface area contributed by atoms with E-state index < -0.39 is 0 Å². The predicted octanol–water partition coefficient (Wildman–Crippen LogP) is 2.52. The zero-order valence-corrected chi connectivity index (χ0v) is 12.1. The molecule has 0 saturated heterocycles. The number of rotatable bonds is 8. The van der Waals surface area contributed by atoms with Crippen molar-refractivity contribution in [1.29, 1.82) is 0 Å². The highest BCUT2D eigenvalue weighted by molar-refractivity contribution is 5.25. The summed E-state index contributed by atoms with van der Waals surface area (Å²) in [5, 5.41) is 3.38.